The van der Waals surface area contributed by atoms with Crippen LogP contribution >= 0.6 is 0 Å². The van der Waals surface area contributed by atoms with Gasteiger partial charge in [0, 0.05) is 29.4 Å². The molecule has 5 nitrogen and oxygen atoms in total. The summed E-state index contributed by atoms with van der Waals surface area (Å²) < 4.78 is 11.5. The lowest BCUT2D eigenvalue weighted by atomic mass is 10.1. The fraction of sp³-hybridized carbons (Fsp3) is 0. The first-order valence-electron chi connectivity index (χ1n) is 10.1. The molecule has 0 radical (unpaired) electrons. The summed E-state index contributed by atoms with van der Waals surface area (Å²) in [7, 11) is 0. The van der Waals surface area contributed by atoms with Crippen LogP contribution in [0.15, 0.2) is 119 Å². The smallest absolute Gasteiger partial charge is 0.345 e. The van der Waals surface area contributed by atoms with Crippen LogP contribution in [0.2, 0.25) is 0 Å². The number of benzene rings is 3. The Kier molecular flexibility index (Phi) is 5.29. The van der Waals surface area contributed by atoms with Crippen LogP contribution < -0.4 is 10.1 Å². The highest BCUT2D eigenvalue weighted by molar-refractivity contribution is 5.90. The van der Waals surface area contributed by atoms with Gasteiger partial charge in [-0.25, -0.2) is 9.79 Å². The number of hydrogen-bond acceptors (Lipinski definition) is 5. The maximum atomic E-state index is 12.2. The molecule has 5 aromatic rings. The van der Waals surface area contributed by atoms with Crippen molar-refractivity contribution < 1.29 is 13.9 Å². The average Bonchev–Trinajstić information content (AvgIpc) is 2.86. The number of pyridine rings is 1. The summed E-state index contributed by atoms with van der Waals surface area (Å²) >= 11 is 0. The van der Waals surface area contributed by atoms with Crippen molar-refractivity contribution in [2.45, 2.75) is 0 Å². The fourth-order valence-electron chi connectivity index (χ4n) is 3.33. The Morgan fingerprint density at radius 3 is 2.41 bits per heavy atom. The van der Waals surface area contributed by atoms with Gasteiger partial charge in [-0.2, -0.15) is 0 Å². The molecule has 0 atom stereocenters. The van der Waals surface area contributed by atoms with Gasteiger partial charge in [0.05, 0.1) is 16.6 Å². The summed E-state index contributed by atoms with van der Waals surface area (Å²) in [6, 6.07) is 30.1. The number of ether oxygens (including phenoxy) is 1. The first kappa shape index (κ1) is 19.5. The highest BCUT2D eigenvalue weighted by Crippen LogP contribution is 2.23. The van der Waals surface area contributed by atoms with Crippen molar-refractivity contribution in [2.75, 3.05) is 0 Å². The van der Waals surface area contributed by atoms with Crippen LogP contribution in [0.25, 0.3) is 22.3 Å². The van der Waals surface area contributed by atoms with Crippen LogP contribution in [0.1, 0.15) is 10.4 Å². The van der Waals surface area contributed by atoms with E-state index in [0.29, 0.717) is 11.3 Å². The second-order valence-corrected chi connectivity index (χ2v) is 7.10. The molecule has 0 saturated carbocycles. The van der Waals surface area contributed by atoms with E-state index in [9.17, 15) is 4.79 Å². The van der Waals surface area contributed by atoms with E-state index in [4.69, 9.17) is 14.1 Å². The Hall–Kier alpha value is -4.51. The number of rotatable bonds is 4. The van der Waals surface area contributed by atoms with Crippen LogP contribution in [-0.4, -0.2) is 11.0 Å². The summed E-state index contributed by atoms with van der Waals surface area (Å²) in [5, 5.41) is 1.71. The Labute approximate surface area is 184 Å². The van der Waals surface area contributed by atoms with E-state index in [0.717, 1.165) is 33.3 Å². The van der Waals surface area contributed by atoms with Crippen molar-refractivity contribution in [1.29, 1.82) is 0 Å². The van der Waals surface area contributed by atoms with E-state index in [1.165, 1.54) is 6.20 Å². The normalized spacial score (nSPS) is 11.4. The van der Waals surface area contributed by atoms with Crippen LogP contribution in [-0.2, 0) is 0 Å². The zero-order valence-electron chi connectivity index (χ0n) is 17.0. The van der Waals surface area contributed by atoms with Crippen LogP contribution in [0.4, 0.5) is 5.69 Å². The van der Waals surface area contributed by atoms with E-state index in [1.54, 1.807) is 30.5 Å². The monoisotopic (exact) mass is 418 g/mol. The molecule has 0 bridgehead atoms. The van der Waals surface area contributed by atoms with Crippen LogP contribution in [0, 0.1) is 0 Å². The minimum Gasteiger partial charge on any atom is -0.456 e. The lowest BCUT2D eigenvalue weighted by molar-refractivity contribution is 0.0734. The fourth-order valence-corrected chi connectivity index (χ4v) is 3.33. The van der Waals surface area contributed by atoms with Gasteiger partial charge in [-0.3, -0.25) is 4.98 Å². The Balaban J connectivity index is 1.49. The van der Waals surface area contributed by atoms with Crippen LogP contribution in [0.5, 0.6) is 5.75 Å². The van der Waals surface area contributed by atoms with Gasteiger partial charge in [-0.05, 0) is 48.5 Å². The van der Waals surface area contributed by atoms with Gasteiger partial charge in [0.1, 0.15) is 17.1 Å². The molecule has 32 heavy (non-hydrogen) atoms. The van der Waals surface area contributed by atoms with Crippen molar-refractivity contribution in [3.05, 3.63) is 120 Å². The Morgan fingerprint density at radius 1 is 0.844 bits per heavy atom. The molecule has 0 aliphatic heterocycles. The van der Waals surface area contributed by atoms with Gasteiger partial charge in [-0.15, -0.1) is 0 Å². The van der Waals surface area contributed by atoms with Crippen molar-refractivity contribution in [2.24, 2.45) is 4.99 Å². The molecule has 0 fully saturated rings. The third-order valence-electron chi connectivity index (χ3n) is 4.90. The number of hydrogen-bond donors (Lipinski definition) is 0. The van der Waals surface area contributed by atoms with E-state index in [2.05, 4.69) is 4.98 Å². The van der Waals surface area contributed by atoms with Crippen molar-refractivity contribution in [1.82, 2.24) is 4.98 Å². The maximum Gasteiger partial charge on any atom is 0.345 e. The summed E-state index contributed by atoms with van der Waals surface area (Å²) in [4.78, 5) is 21.0. The molecule has 3 aromatic carbocycles. The standard InChI is InChI=1S/C27H18N2O3/c30-27(20-9-6-16-28-18-20)31-22-14-12-21(13-15-22)29-24-17-26(19-7-2-1-3-8-19)32-25-11-5-4-10-23(24)25/h1-18H. The van der Waals surface area contributed by atoms with Gasteiger partial charge < -0.3 is 9.15 Å². The minimum atomic E-state index is -0.453. The number of carbonyl (C=O) groups excluding carboxylic acids is 1. The lowest BCUT2D eigenvalue weighted by Crippen LogP contribution is -2.08. The molecule has 2 heterocycles. The molecule has 0 saturated heterocycles. The molecule has 0 aliphatic carbocycles. The first-order valence-corrected chi connectivity index (χ1v) is 10.1. The van der Waals surface area contributed by atoms with Crippen molar-refractivity contribution in [3.8, 4) is 17.1 Å². The topological polar surface area (TPSA) is 64.7 Å². The van der Waals surface area contributed by atoms with E-state index in [1.807, 2.05) is 72.8 Å². The van der Waals surface area contributed by atoms with Gasteiger partial charge in [-0.1, -0.05) is 42.5 Å². The quantitative estimate of drug-likeness (QED) is 0.267. The summed E-state index contributed by atoms with van der Waals surface area (Å²) in [6.07, 6.45) is 3.08. The third kappa shape index (κ3) is 4.18. The van der Waals surface area contributed by atoms with Gasteiger partial charge in [0.2, 0.25) is 0 Å². The van der Waals surface area contributed by atoms with Gasteiger partial charge in [0.25, 0.3) is 0 Å². The van der Waals surface area contributed by atoms with Crippen molar-refractivity contribution in [3.63, 3.8) is 0 Å². The molecule has 0 N–H and O–H groups in total. The van der Waals surface area contributed by atoms with E-state index < -0.39 is 5.97 Å². The zero-order chi connectivity index (χ0) is 21.8. The number of carbonyl (C=O) groups is 1. The molecule has 0 aliphatic rings. The lowest BCUT2D eigenvalue weighted by Gasteiger charge is -2.06. The van der Waals surface area contributed by atoms with E-state index in [-0.39, 0.29) is 0 Å². The number of aromatic nitrogens is 1. The first-order chi connectivity index (χ1) is 15.8. The predicted octanol–water partition coefficient (Wildman–Crippen LogP) is 5.95. The summed E-state index contributed by atoms with van der Waals surface area (Å²) in [6.45, 7) is 0. The average molecular weight is 418 g/mol. The maximum absolute atomic E-state index is 12.2. The van der Waals surface area contributed by atoms with E-state index >= 15 is 0 Å². The summed E-state index contributed by atoms with van der Waals surface area (Å²) in [5.74, 6) is 0.728. The predicted molar refractivity (Wildman–Crippen MR) is 123 cm³/mol. The molecule has 2 aromatic heterocycles. The number of esters is 1. The molecule has 5 heteroatoms. The number of fused-ring (bicyclic) bond motifs is 1. The molecule has 0 unspecified atom stereocenters. The highest BCUT2D eigenvalue weighted by atomic mass is 16.5. The molecule has 5 rings (SSSR count). The van der Waals surface area contributed by atoms with Crippen LogP contribution in [0.3, 0.4) is 0 Å². The number of para-hydroxylation sites is 1. The van der Waals surface area contributed by atoms with Gasteiger partial charge in [0.15, 0.2) is 0 Å². The minimum absolute atomic E-state index is 0.397. The Bertz CT molecular complexity index is 1440. The summed E-state index contributed by atoms with van der Waals surface area (Å²) in [5.41, 5.74) is 2.87. The molecule has 0 spiro atoms. The highest BCUT2D eigenvalue weighted by Gasteiger charge is 2.09. The molecule has 0 amide bonds. The Morgan fingerprint density at radius 2 is 1.62 bits per heavy atom. The van der Waals surface area contributed by atoms with Gasteiger partial charge >= 0.3 is 5.97 Å². The third-order valence-corrected chi connectivity index (χ3v) is 4.90. The molecular weight excluding hydrogens is 400 g/mol. The molecule has 154 valence electrons. The largest absolute Gasteiger partial charge is 0.456 e. The van der Waals surface area contributed by atoms with Crippen molar-refractivity contribution >= 4 is 22.6 Å². The second-order valence-electron chi connectivity index (χ2n) is 7.10. The number of nitrogens with zero attached hydrogens (tertiary/aromatic N) is 2. The zero-order valence-corrected chi connectivity index (χ0v) is 17.0. The molecular formula is C27H18N2O3. The SMILES string of the molecule is O=C(Oc1ccc(N=c2cc(-c3ccccc3)oc3ccccc23)cc1)c1cccnc1. The second kappa shape index (κ2) is 8.70.